The van der Waals surface area contributed by atoms with Gasteiger partial charge in [-0.15, -0.1) is 0 Å². The second-order valence-electron chi connectivity index (χ2n) is 18.7. The normalized spacial score (nSPS) is 53.9. The third-order valence-electron chi connectivity index (χ3n) is 15.8. The standard InChI is InChI=1S/C41H64O18/c1-17-35(59-38-33(49)31(47)29(45)26(58-38)16-54-37-32(48)30(46)28(44)25(14-42)57-37)36(52-3)34(50)39(55-17)56-20-5-6-21-18(12-20)4-7-24-22(21)8-10-40(2)23(9-11-41(24,40)51)19-13-27(43)53-15-19/h13,17-18,20-26,28-39,42,44-51H,4-12,14-16H2,1-3H3/t17-,18+,20-,21-,22+,23+,24+,25+,26+,28+,29+,30-,31-,32+,33+,34-,35-,36-,37+,38-,39-,40+,41-/m0/s1. The smallest absolute Gasteiger partial charge is 0.331 e. The van der Waals surface area contributed by atoms with Gasteiger partial charge in [0.15, 0.2) is 18.9 Å². The number of fused-ring (bicyclic) bond motifs is 5. The molecule has 4 aliphatic heterocycles. The van der Waals surface area contributed by atoms with Gasteiger partial charge < -0.3 is 83.9 Å². The fraction of sp³-hybridized carbons (Fsp3) is 0.927. The summed E-state index contributed by atoms with van der Waals surface area (Å²) in [5.41, 5.74) is -0.0468. The fourth-order valence-corrected chi connectivity index (χ4v) is 12.6. The molecule has 18 heteroatoms. The average Bonchev–Trinajstić information content (AvgIpc) is 3.77. The molecule has 0 bridgehead atoms. The van der Waals surface area contributed by atoms with Gasteiger partial charge in [0, 0.05) is 18.6 Å². The van der Waals surface area contributed by atoms with Crippen molar-refractivity contribution in [2.45, 2.75) is 175 Å². The zero-order valence-corrected chi connectivity index (χ0v) is 33.9. The molecule has 9 N–H and O–H groups in total. The average molecular weight is 845 g/mol. The van der Waals surface area contributed by atoms with Crippen LogP contribution in [0.25, 0.3) is 0 Å². The molecule has 23 atom stereocenters. The number of aliphatic hydroxyl groups is 9. The van der Waals surface area contributed by atoms with E-state index in [-0.39, 0.29) is 29.3 Å². The monoisotopic (exact) mass is 844 g/mol. The summed E-state index contributed by atoms with van der Waals surface area (Å²) >= 11 is 0. The molecule has 4 heterocycles. The van der Waals surface area contributed by atoms with E-state index in [0.717, 1.165) is 63.4 Å². The van der Waals surface area contributed by atoms with Gasteiger partial charge in [-0.3, -0.25) is 0 Å². The van der Waals surface area contributed by atoms with Crippen LogP contribution in [0.5, 0.6) is 0 Å². The van der Waals surface area contributed by atoms with E-state index in [1.54, 1.807) is 13.0 Å². The lowest BCUT2D eigenvalue weighted by molar-refractivity contribution is -0.367. The maximum Gasteiger partial charge on any atom is 0.331 e. The van der Waals surface area contributed by atoms with Crippen molar-refractivity contribution >= 4 is 5.97 Å². The Balaban J connectivity index is 0.861. The predicted molar refractivity (Wildman–Crippen MR) is 198 cm³/mol. The Bertz CT molecular complexity index is 1520. The van der Waals surface area contributed by atoms with Gasteiger partial charge in [0.2, 0.25) is 0 Å². The van der Waals surface area contributed by atoms with Crippen LogP contribution in [0.1, 0.15) is 71.6 Å². The number of aliphatic hydroxyl groups excluding tert-OH is 8. The first kappa shape index (κ1) is 44.2. The summed E-state index contributed by atoms with van der Waals surface area (Å²) in [6.07, 6.45) is -11.7. The van der Waals surface area contributed by atoms with Crippen LogP contribution >= 0.6 is 0 Å². The van der Waals surface area contributed by atoms with Gasteiger partial charge in [0.25, 0.3) is 0 Å². The van der Waals surface area contributed by atoms with Crippen molar-refractivity contribution in [2.24, 2.45) is 35.0 Å². The molecule has 18 nitrogen and oxygen atoms in total. The van der Waals surface area contributed by atoms with Crippen LogP contribution in [0.2, 0.25) is 0 Å². The molecule has 336 valence electrons. The number of rotatable bonds is 10. The minimum absolute atomic E-state index is 0.149. The first-order chi connectivity index (χ1) is 28.1. The molecular formula is C41H64O18. The minimum Gasteiger partial charge on any atom is -0.458 e. The number of hydrogen-bond donors (Lipinski definition) is 9. The molecule has 0 aromatic heterocycles. The van der Waals surface area contributed by atoms with Gasteiger partial charge >= 0.3 is 5.97 Å². The number of methoxy groups -OCH3 is 1. The molecule has 8 rings (SSSR count). The van der Waals surface area contributed by atoms with Crippen molar-refractivity contribution in [3.05, 3.63) is 11.6 Å². The van der Waals surface area contributed by atoms with Crippen LogP contribution in [-0.4, -0.2) is 183 Å². The molecule has 59 heavy (non-hydrogen) atoms. The summed E-state index contributed by atoms with van der Waals surface area (Å²) < 4.78 is 46.5. The van der Waals surface area contributed by atoms with Gasteiger partial charge in [-0.2, -0.15) is 0 Å². The Hall–Kier alpha value is -1.43. The zero-order valence-electron chi connectivity index (χ0n) is 33.9. The Labute approximate surface area is 343 Å². The Morgan fingerprint density at radius 1 is 0.746 bits per heavy atom. The summed E-state index contributed by atoms with van der Waals surface area (Å²) in [5.74, 6) is 1.34. The van der Waals surface area contributed by atoms with Crippen LogP contribution in [-0.2, 0) is 42.7 Å². The zero-order chi connectivity index (χ0) is 42.1. The summed E-state index contributed by atoms with van der Waals surface area (Å²) in [7, 11) is 1.39. The van der Waals surface area contributed by atoms with Gasteiger partial charge in [0.1, 0.15) is 73.8 Å². The maximum absolute atomic E-state index is 12.5. The van der Waals surface area contributed by atoms with Gasteiger partial charge in [-0.05, 0) is 99.9 Å². The van der Waals surface area contributed by atoms with E-state index in [4.69, 9.17) is 37.9 Å². The molecule has 0 aromatic rings. The third kappa shape index (κ3) is 7.74. The van der Waals surface area contributed by atoms with Crippen molar-refractivity contribution < 1.29 is 88.6 Å². The van der Waals surface area contributed by atoms with E-state index >= 15 is 0 Å². The van der Waals surface area contributed by atoms with Gasteiger partial charge in [0.05, 0.1) is 31.0 Å². The number of ether oxygens (including phenoxy) is 8. The van der Waals surface area contributed by atoms with Crippen LogP contribution in [0.4, 0.5) is 0 Å². The number of carbonyl (C=O) groups is 1. The van der Waals surface area contributed by atoms with Gasteiger partial charge in [-0.25, -0.2) is 4.79 Å². The highest BCUT2D eigenvalue weighted by Gasteiger charge is 2.66. The van der Waals surface area contributed by atoms with Crippen LogP contribution in [0.15, 0.2) is 11.6 Å². The van der Waals surface area contributed by atoms with E-state index in [2.05, 4.69) is 6.92 Å². The molecular weight excluding hydrogens is 780 g/mol. The van der Waals surface area contributed by atoms with E-state index < -0.39 is 111 Å². The predicted octanol–water partition coefficient (Wildman–Crippen LogP) is -1.63. The van der Waals surface area contributed by atoms with Crippen molar-refractivity contribution in [1.82, 2.24) is 0 Å². The lowest BCUT2D eigenvalue weighted by Gasteiger charge is -2.60. The first-order valence-electron chi connectivity index (χ1n) is 21.5. The Morgan fingerprint density at radius 2 is 1.44 bits per heavy atom. The van der Waals surface area contributed by atoms with Crippen molar-refractivity contribution in [3.63, 3.8) is 0 Å². The minimum atomic E-state index is -1.77. The van der Waals surface area contributed by atoms with Crippen LogP contribution < -0.4 is 0 Å². The number of hydrogen-bond acceptors (Lipinski definition) is 18. The lowest BCUT2D eigenvalue weighted by atomic mass is 9.47. The molecule has 0 unspecified atom stereocenters. The van der Waals surface area contributed by atoms with Gasteiger partial charge in [-0.1, -0.05) is 6.92 Å². The molecule has 8 aliphatic rings. The van der Waals surface area contributed by atoms with E-state index in [9.17, 15) is 50.8 Å². The van der Waals surface area contributed by atoms with Crippen molar-refractivity contribution in [1.29, 1.82) is 0 Å². The summed E-state index contributed by atoms with van der Waals surface area (Å²) in [6.45, 7) is 3.04. The first-order valence-corrected chi connectivity index (χ1v) is 21.5. The Morgan fingerprint density at radius 3 is 2.14 bits per heavy atom. The summed E-state index contributed by atoms with van der Waals surface area (Å²) in [4.78, 5) is 11.9. The van der Waals surface area contributed by atoms with Crippen LogP contribution in [0, 0.1) is 35.0 Å². The van der Waals surface area contributed by atoms with Crippen LogP contribution in [0.3, 0.4) is 0 Å². The number of cyclic esters (lactones) is 1. The SMILES string of the molecule is CO[C@H]1[C@H](O)[C@H](O[C@H]2CC[C@H]3[C@H](CC[C@@H]4[C@@H]3CC[C@]3(C)[C@@H](C5=CC(=O)OC5)CC[C@]43O)C2)O[C@@H](C)[C@@H]1O[C@@H]1O[C@H](CO[C@@H]2O[C@H](CO)[C@@H](O)[C@H](O)[C@H]2O)[C@@H](O)[C@H](O)[C@H]1O. The number of esters is 1. The van der Waals surface area contributed by atoms with E-state index in [0.29, 0.717) is 24.4 Å². The van der Waals surface area contributed by atoms with Crippen molar-refractivity contribution in [3.8, 4) is 0 Å². The molecule has 0 amide bonds. The molecule has 0 aromatic carbocycles. The highest BCUT2D eigenvalue weighted by atomic mass is 16.8. The second kappa shape index (κ2) is 17.3. The topological polar surface area (TPSA) is 273 Å². The molecule has 4 aliphatic carbocycles. The lowest BCUT2D eigenvalue weighted by Crippen LogP contribution is -2.65. The molecule has 7 fully saturated rings. The third-order valence-corrected chi connectivity index (χ3v) is 15.8. The molecule has 3 saturated heterocycles. The van der Waals surface area contributed by atoms with Crippen molar-refractivity contribution in [2.75, 3.05) is 26.9 Å². The molecule has 4 saturated carbocycles. The molecule has 0 radical (unpaired) electrons. The fourth-order valence-electron chi connectivity index (χ4n) is 12.6. The van der Waals surface area contributed by atoms with E-state index in [1.807, 2.05) is 0 Å². The largest absolute Gasteiger partial charge is 0.458 e. The maximum atomic E-state index is 12.5. The second-order valence-corrected chi connectivity index (χ2v) is 18.7. The highest BCUT2D eigenvalue weighted by Crippen LogP contribution is 2.67. The summed E-state index contributed by atoms with van der Waals surface area (Å²) in [5, 5.41) is 96.4. The van der Waals surface area contributed by atoms with E-state index in [1.165, 1.54) is 7.11 Å². The Kier molecular flexibility index (Phi) is 12.9. The highest BCUT2D eigenvalue weighted by molar-refractivity contribution is 5.85. The quantitative estimate of drug-likeness (QED) is 0.0882. The summed E-state index contributed by atoms with van der Waals surface area (Å²) in [6, 6.07) is 0. The molecule has 0 spiro atoms. The number of carbonyl (C=O) groups excluding carboxylic acids is 1.